The van der Waals surface area contributed by atoms with E-state index in [1.807, 2.05) is 26.8 Å². The molecule has 0 saturated carbocycles. The molecule has 2 fully saturated rings. The highest BCUT2D eigenvalue weighted by Gasteiger charge is 2.44. The second-order valence-electron chi connectivity index (χ2n) is 8.47. The monoisotopic (exact) mass is 372 g/mol. The average Bonchev–Trinajstić information content (AvgIpc) is 2.58. The van der Waals surface area contributed by atoms with Crippen molar-refractivity contribution in [1.29, 1.82) is 5.26 Å². The third-order valence-electron chi connectivity index (χ3n) is 5.31. The number of halogens is 1. The molecule has 2 heterocycles. The van der Waals surface area contributed by atoms with E-state index >= 15 is 0 Å². The van der Waals surface area contributed by atoms with Crippen LogP contribution in [0.5, 0.6) is 0 Å². The first kappa shape index (κ1) is 19.3. The molecule has 2 unspecified atom stereocenters. The fraction of sp³-hybridized carbons (Fsp3) is 0.571. The molecule has 3 rings (SSSR count). The summed E-state index contributed by atoms with van der Waals surface area (Å²) in [5.74, 6) is -1.21. The second-order valence-corrected chi connectivity index (χ2v) is 8.47. The van der Waals surface area contributed by atoms with Crippen LogP contribution in [-0.2, 0) is 4.74 Å². The zero-order valence-electron chi connectivity index (χ0n) is 16.0. The predicted molar refractivity (Wildman–Crippen MR) is 97.7 cm³/mol. The Morgan fingerprint density at radius 2 is 1.85 bits per heavy atom. The number of carbonyl (C=O) groups is 2. The minimum Gasteiger partial charge on any atom is -0.444 e. The molecule has 1 aromatic carbocycles. The normalized spacial score (nSPS) is 24.9. The number of benzene rings is 1. The van der Waals surface area contributed by atoms with Crippen molar-refractivity contribution in [2.45, 2.75) is 70.6 Å². The first-order valence-electron chi connectivity index (χ1n) is 9.45. The van der Waals surface area contributed by atoms with Crippen LogP contribution in [0.2, 0.25) is 0 Å². The zero-order chi connectivity index (χ0) is 19.8. The SMILES string of the molecule is CC(C)(C)OC(=O)N1C2CCCC1CC(C(=O)c1ccc(C#N)cc1F)C2. The zero-order valence-corrected chi connectivity index (χ0v) is 16.0. The third-order valence-corrected chi connectivity index (χ3v) is 5.31. The van der Waals surface area contributed by atoms with E-state index in [0.29, 0.717) is 12.8 Å². The summed E-state index contributed by atoms with van der Waals surface area (Å²) < 4.78 is 19.8. The largest absolute Gasteiger partial charge is 0.444 e. The molecule has 2 atom stereocenters. The molecule has 0 spiro atoms. The van der Waals surface area contributed by atoms with Gasteiger partial charge in [0, 0.05) is 18.0 Å². The molecule has 1 amide bonds. The van der Waals surface area contributed by atoms with E-state index in [9.17, 15) is 14.0 Å². The maximum atomic E-state index is 14.3. The van der Waals surface area contributed by atoms with Crippen LogP contribution in [0.25, 0.3) is 0 Å². The Hall–Kier alpha value is -2.42. The smallest absolute Gasteiger partial charge is 0.410 e. The topological polar surface area (TPSA) is 70.4 Å². The van der Waals surface area contributed by atoms with Gasteiger partial charge in [0.2, 0.25) is 0 Å². The molecule has 0 radical (unpaired) electrons. The summed E-state index contributed by atoms with van der Waals surface area (Å²) >= 11 is 0. The van der Waals surface area contributed by atoms with Crippen LogP contribution in [0.3, 0.4) is 0 Å². The van der Waals surface area contributed by atoms with Crippen molar-refractivity contribution in [3.05, 3.63) is 35.1 Å². The summed E-state index contributed by atoms with van der Waals surface area (Å²) in [5, 5.41) is 8.86. The summed E-state index contributed by atoms with van der Waals surface area (Å²) in [6, 6.07) is 5.73. The number of nitrogens with zero attached hydrogens (tertiary/aromatic N) is 2. The van der Waals surface area contributed by atoms with Gasteiger partial charge in [0.1, 0.15) is 11.4 Å². The van der Waals surface area contributed by atoms with E-state index in [-0.39, 0.29) is 41.0 Å². The molecule has 0 aliphatic carbocycles. The van der Waals surface area contributed by atoms with E-state index in [1.165, 1.54) is 12.1 Å². The maximum absolute atomic E-state index is 14.3. The number of hydrogen-bond donors (Lipinski definition) is 0. The lowest BCUT2D eigenvalue weighted by Crippen LogP contribution is -2.56. The first-order valence-corrected chi connectivity index (χ1v) is 9.45. The fourth-order valence-electron chi connectivity index (χ4n) is 4.21. The van der Waals surface area contributed by atoms with Crippen LogP contribution in [-0.4, -0.2) is 34.5 Å². The number of ether oxygens (including phenoxy) is 1. The number of amides is 1. The van der Waals surface area contributed by atoms with Gasteiger partial charge in [-0.25, -0.2) is 9.18 Å². The maximum Gasteiger partial charge on any atom is 0.410 e. The molecule has 2 aliphatic heterocycles. The Balaban J connectivity index is 1.77. The summed E-state index contributed by atoms with van der Waals surface area (Å²) in [6.07, 6.45) is 3.39. The van der Waals surface area contributed by atoms with Crippen LogP contribution >= 0.6 is 0 Å². The fourth-order valence-corrected chi connectivity index (χ4v) is 4.21. The Labute approximate surface area is 159 Å². The lowest BCUT2D eigenvalue weighted by Gasteiger charge is -2.48. The minimum absolute atomic E-state index is 0.0304. The highest BCUT2D eigenvalue weighted by Crippen LogP contribution is 2.39. The van der Waals surface area contributed by atoms with Gasteiger partial charge in [-0.3, -0.25) is 4.79 Å². The molecular weight excluding hydrogens is 347 g/mol. The van der Waals surface area contributed by atoms with Crippen LogP contribution in [0.4, 0.5) is 9.18 Å². The second kappa shape index (κ2) is 7.30. The number of piperidine rings is 2. The lowest BCUT2D eigenvalue weighted by molar-refractivity contribution is -0.0261. The van der Waals surface area contributed by atoms with Crippen LogP contribution in [0.1, 0.15) is 68.8 Å². The van der Waals surface area contributed by atoms with Gasteiger partial charge in [-0.2, -0.15) is 5.26 Å². The molecule has 2 saturated heterocycles. The molecule has 5 nitrogen and oxygen atoms in total. The van der Waals surface area contributed by atoms with E-state index in [0.717, 1.165) is 25.3 Å². The lowest BCUT2D eigenvalue weighted by atomic mass is 9.75. The number of ketones is 1. The molecular formula is C21H25FN2O3. The van der Waals surface area contributed by atoms with Gasteiger partial charge < -0.3 is 9.64 Å². The van der Waals surface area contributed by atoms with Gasteiger partial charge in [0.05, 0.1) is 17.2 Å². The predicted octanol–water partition coefficient (Wildman–Crippen LogP) is 4.45. The van der Waals surface area contributed by atoms with E-state index in [4.69, 9.17) is 10.00 Å². The molecule has 2 bridgehead atoms. The van der Waals surface area contributed by atoms with Crippen LogP contribution in [0.15, 0.2) is 18.2 Å². The van der Waals surface area contributed by atoms with E-state index < -0.39 is 11.4 Å². The molecule has 6 heteroatoms. The van der Waals surface area contributed by atoms with Crippen molar-refractivity contribution in [3.63, 3.8) is 0 Å². The molecule has 0 aromatic heterocycles. The number of fused-ring (bicyclic) bond motifs is 2. The van der Waals surface area contributed by atoms with Gasteiger partial charge in [-0.05, 0) is 71.1 Å². The first-order chi connectivity index (χ1) is 12.7. The van der Waals surface area contributed by atoms with Gasteiger partial charge in [-0.1, -0.05) is 0 Å². The molecule has 1 aromatic rings. The highest BCUT2D eigenvalue weighted by molar-refractivity contribution is 5.98. The summed E-state index contributed by atoms with van der Waals surface area (Å²) in [6.45, 7) is 5.51. The third kappa shape index (κ3) is 4.13. The molecule has 144 valence electrons. The van der Waals surface area contributed by atoms with Gasteiger partial charge >= 0.3 is 6.09 Å². The van der Waals surface area contributed by atoms with Crippen LogP contribution < -0.4 is 0 Å². The summed E-state index contributed by atoms with van der Waals surface area (Å²) in [7, 11) is 0. The number of nitriles is 1. The van der Waals surface area contributed by atoms with Crippen molar-refractivity contribution in [3.8, 4) is 6.07 Å². The van der Waals surface area contributed by atoms with Crippen molar-refractivity contribution in [2.24, 2.45) is 5.92 Å². The van der Waals surface area contributed by atoms with E-state index in [2.05, 4.69) is 0 Å². The number of carbonyl (C=O) groups excluding carboxylic acids is 2. The average molecular weight is 372 g/mol. The quantitative estimate of drug-likeness (QED) is 0.719. The van der Waals surface area contributed by atoms with Gasteiger partial charge in [-0.15, -0.1) is 0 Å². The van der Waals surface area contributed by atoms with Crippen molar-refractivity contribution in [1.82, 2.24) is 4.90 Å². The standard InChI is InChI=1S/C21H25FN2O3/c1-21(2,3)27-20(26)24-15-5-4-6-16(24)11-14(10-15)19(25)17-8-7-13(12-23)9-18(17)22/h7-9,14-16H,4-6,10-11H2,1-3H3. The molecule has 27 heavy (non-hydrogen) atoms. The van der Waals surface area contributed by atoms with Gasteiger partial charge in [0.25, 0.3) is 0 Å². The Kier molecular flexibility index (Phi) is 5.23. The van der Waals surface area contributed by atoms with Crippen LogP contribution in [0, 0.1) is 23.1 Å². The Morgan fingerprint density at radius 1 is 1.22 bits per heavy atom. The minimum atomic E-state index is -0.654. The highest BCUT2D eigenvalue weighted by atomic mass is 19.1. The van der Waals surface area contributed by atoms with Crippen molar-refractivity contribution >= 4 is 11.9 Å². The summed E-state index contributed by atoms with van der Waals surface area (Å²) in [4.78, 5) is 27.3. The van der Waals surface area contributed by atoms with Crippen molar-refractivity contribution in [2.75, 3.05) is 0 Å². The number of rotatable bonds is 2. The van der Waals surface area contributed by atoms with Crippen molar-refractivity contribution < 1.29 is 18.7 Å². The molecule has 2 aliphatic rings. The number of hydrogen-bond acceptors (Lipinski definition) is 4. The van der Waals surface area contributed by atoms with E-state index in [1.54, 1.807) is 4.90 Å². The van der Waals surface area contributed by atoms with Gasteiger partial charge in [0.15, 0.2) is 5.78 Å². The number of Topliss-reactive ketones (excluding diaryl/α,β-unsaturated/α-hetero) is 1. The Bertz CT molecular complexity index is 780. The Morgan fingerprint density at radius 3 is 2.37 bits per heavy atom. The molecule has 0 N–H and O–H groups in total. The summed E-state index contributed by atoms with van der Waals surface area (Å²) in [5.41, 5.74) is -0.340.